The second-order valence-corrected chi connectivity index (χ2v) is 18.9. The molecule has 11 nitrogen and oxygen atoms in total. The van der Waals surface area contributed by atoms with Gasteiger partial charge in [-0.15, -0.1) is 0 Å². The van der Waals surface area contributed by atoms with Crippen LogP contribution in [-0.2, 0) is 14.3 Å². The number of carbonyl (C=O) groups excluding carboxylic acids is 1. The molecular formula is C55H101NO10. The van der Waals surface area contributed by atoms with Crippen LogP contribution in [0.25, 0.3) is 0 Å². The van der Waals surface area contributed by atoms with Gasteiger partial charge in [0.25, 0.3) is 0 Å². The van der Waals surface area contributed by atoms with E-state index in [2.05, 4.69) is 61.7 Å². The lowest BCUT2D eigenvalue weighted by molar-refractivity contribution is -0.303. The highest BCUT2D eigenvalue weighted by molar-refractivity contribution is 5.80. The van der Waals surface area contributed by atoms with Crippen LogP contribution in [0.3, 0.4) is 0 Å². The molecule has 1 heterocycles. The molecule has 66 heavy (non-hydrogen) atoms. The molecule has 1 amide bonds. The molecular weight excluding hydrogens is 835 g/mol. The number of unbranched alkanes of at least 4 members (excludes halogenated alkanes) is 25. The van der Waals surface area contributed by atoms with E-state index >= 15 is 0 Å². The van der Waals surface area contributed by atoms with Crippen molar-refractivity contribution in [2.45, 2.75) is 281 Å². The van der Waals surface area contributed by atoms with Crippen molar-refractivity contribution in [2.24, 2.45) is 0 Å². The smallest absolute Gasteiger partial charge is 0.249 e. The molecule has 1 aliphatic rings. The molecule has 8 N–H and O–H groups in total. The van der Waals surface area contributed by atoms with Crippen LogP contribution in [0, 0.1) is 0 Å². The first-order valence-corrected chi connectivity index (χ1v) is 27.0. The van der Waals surface area contributed by atoms with Gasteiger partial charge in [-0.1, -0.05) is 197 Å². The summed E-state index contributed by atoms with van der Waals surface area (Å²) in [6.07, 6.45) is 43.5. The summed E-state index contributed by atoms with van der Waals surface area (Å²) in [5, 5.41) is 75.6. The van der Waals surface area contributed by atoms with E-state index < -0.39 is 74.2 Å². The second-order valence-electron chi connectivity index (χ2n) is 18.9. The van der Waals surface area contributed by atoms with Gasteiger partial charge in [0.15, 0.2) is 6.29 Å². The number of ether oxygens (including phenoxy) is 2. The summed E-state index contributed by atoms with van der Waals surface area (Å²) in [5.41, 5.74) is 0. The van der Waals surface area contributed by atoms with Crippen LogP contribution in [0.15, 0.2) is 48.6 Å². The lowest BCUT2D eigenvalue weighted by Gasteiger charge is -2.40. The second kappa shape index (κ2) is 44.3. The van der Waals surface area contributed by atoms with Crippen LogP contribution in [0.2, 0.25) is 0 Å². The van der Waals surface area contributed by atoms with E-state index in [0.29, 0.717) is 19.3 Å². The first-order chi connectivity index (χ1) is 32.2. The molecule has 9 unspecified atom stereocenters. The number of nitrogens with one attached hydrogen (secondary N) is 1. The molecule has 0 saturated carbocycles. The average Bonchev–Trinajstić information content (AvgIpc) is 3.32. The number of amides is 1. The van der Waals surface area contributed by atoms with E-state index in [1.165, 1.54) is 135 Å². The Morgan fingerprint density at radius 3 is 1.52 bits per heavy atom. The summed E-state index contributed by atoms with van der Waals surface area (Å²) in [5.74, 6) is -0.714. The molecule has 11 heteroatoms. The lowest BCUT2D eigenvalue weighted by Crippen LogP contribution is -2.60. The van der Waals surface area contributed by atoms with Gasteiger partial charge in [0.1, 0.15) is 36.6 Å². The number of aliphatic hydroxyl groups is 7. The summed E-state index contributed by atoms with van der Waals surface area (Å²) < 4.78 is 11.1. The molecule has 0 bridgehead atoms. The van der Waals surface area contributed by atoms with Crippen LogP contribution < -0.4 is 5.32 Å². The normalized spacial score (nSPS) is 21.1. The van der Waals surface area contributed by atoms with Crippen molar-refractivity contribution in [3.8, 4) is 0 Å². The van der Waals surface area contributed by atoms with Crippen molar-refractivity contribution in [2.75, 3.05) is 13.2 Å². The van der Waals surface area contributed by atoms with Gasteiger partial charge in [-0.25, -0.2) is 0 Å². The van der Waals surface area contributed by atoms with Crippen molar-refractivity contribution >= 4 is 5.91 Å². The predicted molar refractivity (Wildman–Crippen MR) is 270 cm³/mol. The summed E-state index contributed by atoms with van der Waals surface area (Å²) >= 11 is 0. The zero-order chi connectivity index (χ0) is 48.3. The average molecular weight is 936 g/mol. The van der Waals surface area contributed by atoms with Crippen LogP contribution >= 0.6 is 0 Å². The van der Waals surface area contributed by atoms with Crippen molar-refractivity contribution in [3.63, 3.8) is 0 Å². The molecule has 1 fully saturated rings. The summed E-state index contributed by atoms with van der Waals surface area (Å²) in [4.78, 5) is 13.1. The Kier molecular flexibility index (Phi) is 41.7. The van der Waals surface area contributed by atoms with Gasteiger partial charge >= 0.3 is 0 Å². The minimum atomic E-state index is -1.67. The number of hydrogen-bond donors (Lipinski definition) is 8. The number of allylic oxidation sites excluding steroid dienone is 8. The van der Waals surface area contributed by atoms with E-state index in [9.17, 15) is 40.5 Å². The van der Waals surface area contributed by atoms with Gasteiger partial charge in [-0.3, -0.25) is 4.79 Å². The maximum absolute atomic E-state index is 13.1. The summed E-state index contributed by atoms with van der Waals surface area (Å²) in [6, 6.07) is -1.19. The van der Waals surface area contributed by atoms with Gasteiger partial charge in [0, 0.05) is 0 Å². The van der Waals surface area contributed by atoms with Gasteiger partial charge in [0.05, 0.1) is 25.4 Å². The monoisotopic (exact) mass is 936 g/mol. The third kappa shape index (κ3) is 32.8. The molecule has 1 aliphatic heterocycles. The molecule has 0 radical (unpaired) electrons. The lowest BCUT2D eigenvalue weighted by atomic mass is 9.98. The summed E-state index contributed by atoms with van der Waals surface area (Å²) in [6.45, 7) is 3.29. The van der Waals surface area contributed by atoms with Crippen molar-refractivity contribution in [3.05, 3.63) is 48.6 Å². The van der Waals surface area contributed by atoms with E-state index in [0.717, 1.165) is 44.9 Å². The highest BCUT2D eigenvalue weighted by Crippen LogP contribution is 2.23. The maximum Gasteiger partial charge on any atom is 0.249 e. The fourth-order valence-electron chi connectivity index (χ4n) is 8.44. The quantitative estimate of drug-likeness (QED) is 0.0216. The molecule has 0 aromatic carbocycles. The standard InChI is InChI=1S/C55H101NO10/c1-3-5-7-9-11-13-14-15-16-17-18-19-20-21-22-23-24-25-26-27-28-29-30-31-32-33-35-37-39-41-43-48(59)54(64)56-46(45-65-55-53(63)52(62)51(61)49(44-57)66-55)50(60)47(58)42-40-38-36-34-12-10-8-6-4-2/h6,8,18-19,21-22,34,36,46-53,55,57-63H,3-5,7,9-17,20,23-33,35,37-45H2,1-2H3,(H,56,64)/b8-6+,19-18-,22-21-,36-34+. The van der Waals surface area contributed by atoms with Crippen molar-refractivity contribution in [1.29, 1.82) is 0 Å². The van der Waals surface area contributed by atoms with Crippen LogP contribution in [0.1, 0.15) is 226 Å². The minimum absolute atomic E-state index is 0.243. The molecule has 1 rings (SSSR count). The van der Waals surface area contributed by atoms with E-state index in [1.807, 2.05) is 6.08 Å². The zero-order valence-corrected chi connectivity index (χ0v) is 41.9. The molecule has 386 valence electrons. The van der Waals surface area contributed by atoms with Crippen LogP contribution in [-0.4, -0.2) is 110 Å². The topological polar surface area (TPSA) is 189 Å². The first kappa shape index (κ1) is 62.1. The van der Waals surface area contributed by atoms with Crippen molar-refractivity contribution in [1.82, 2.24) is 5.32 Å². The Morgan fingerprint density at radius 1 is 0.545 bits per heavy atom. The Morgan fingerprint density at radius 2 is 1.00 bits per heavy atom. The number of hydrogen-bond acceptors (Lipinski definition) is 10. The predicted octanol–water partition coefficient (Wildman–Crippen LogP) is 10.5. The Labute approximate surface area is 402 Å². The molecule has 1 saturated heterocycles. The zero-order valence-electron chi connectivity index (χ0n) is 41.9. The van der Waals surface area contributed by atoms with Gasteiger partial charge in [-0.2, -0.15) is 0 Å². The SMILES string of the molecule is CC/C=C/CC/C=C/CCCC(O)C(O)C(COC1OC(CO)C(O)C(O)C1O)NC(=O)C(O)CCCCCCCCCCCCCCCC/C=C\C/C=C\CCCCCCCCCCC. The maximum atomic E-state index is 13.1. The molecule has 0 aliphatic carbocycles. The third-order valence-electron chi connectivity index (χ3n) is 12.8. The van der Waals surface area contributed by atoms with Gasteiger partial charge < -0.3 is 50.5 Å². The van der Waals surface area contributed by atoms with Gasteiger partial charge in [0.2, 0.25) is 5.91 Å². The van der Waals surface area contributed by atoms with E-state index in [4.69, 9.17) is 9.47 Å². The van der Waals surface area contributed by atoms with Crippen LogP contribution in [0.5, 0.6) is 0 Å². The third-order valence-corrected chi connectivity index (χ3v) is 12.8. The van der Waals surface area contributed by atoms with E-state index in [-0.39, 0.29) is 12.8 Å². The van der Waals surface area contributed by atoms with Gasteiger partial charge in [-0.05, 0) is 77.0 Å². The Bertz CT molecular complexity index is 1210. The number of aliphatic hydroxyl groups excluding tert-OH is 7. The fraction of sp³-hybridized carbons (Fsp3) is 0.836. The molecule has 0 spiro atoms. The van der Waals surface area contributed by atoms with Crippen molar-refractivity contribution < 1.29 is 50.0 Å². The number of rotatable bonds is 45. The Balaban J connectivity index is 2.21. The number of carbonyl (C=O) groups is 1. The molecule has 0 aromatic rings. The highest BCUT2D eigenvalue weighted by Gasteiger charge is 2.44. The fourth-order valence-corrected chi connectivity index (χ4v) is 8.44. The molecule has 9 atom stereocenters. The summed E-state index contributed by atoms with van der Waals surface area (Å²) in [7, 11) is 0. The minimum Gasteiger partial charge on any atom is -0.394 e. The van der Waals surface area contributed by atoms with E-state index in [1.54, 1.807) is 0 Å². The van der Waals surface area contributed by atoms with Crippen LogP contribution in [0.4, 0.5) is 0 Å². The largest absolute Gasteiger partial charge is 0.394 e. The highest BCUT2D eigenvalue weighted by atomic mass is 16.7. The molecule has 0 aromatic heterocycles. The Hall–Kier alpha value is -1.93. The first-order valence-electron chi connectivity index (χ1n) is 27.0.